The summed E-state index contributed by atoms with van der Waals surface area (Å²) in [6, 6.07) is 0. The number of hydrogen-bond donors (Lipinski definition) is 2. The normalized spacial score (nSPS) is 20.3. The lowest BCUT2D eigenvalue weighted by molar-refractivity contribution is 0.0350. The molecule has 0 atom stereocenters. The van der Waals surface area contributed by atoms with Crippen molar-refractivity contribution in [3.8, 4) is 0 Å². The summed E-state index contributed by atoms with van der Waals surface area (Å²) in [6.07, 6.45) is 4.60. The summed E-state index contributed by atoms with van der Waals surface area (Å²) in [6.45, 7) is 3.44. The third-order valence-corrected chi connectivity index (χ3v) is 2.86. The maximum atomic E-state index is 9.82. The second-order valence-corrected chi connectivity index (χ2v) is 4.29. The zero-order valence-electron chi connectivity index (χ0n) is 8.85. The van der Waals surface area contributed by atoms with Gasteiger partial charge in [-0.2, -0.15) is 0 Å². The van der Waals surface area contributed by atoms with Gasteiger partial charge in [0.25, 0.3) is 0 Å². The highest BCUT2D eigenvalue weighted by atomic mass is 16.3. The fourth-order valence-corrected chi connectivity index (χ4v) is 1.80. The molecule has 5 nitrogen and oxygen atoms in total. The smallest absolute Gasteiger partial charge is 0.155 e. The Morgan fingerprint density at radius 2 is 2.13 bits per heavy atom. The quantitative estimate of drug-likeness (QED) is 0.699. The maximum absolute atomic E-state index is 9.82. The van der Waals surface area contributed by atoms with Crippen LogP contribution < -0.4 is 10.6 Å². The molecule has 0 spiro atoms. The highest BCUT2D eigenvalue weighted by Crippen LogP contribution is 2.26. The lowest BCUT2D eigenvalue weighted by atomic mass is 9.94. The van der Waals surface area contributed by atoms with E-state index in [1.807, 2.05) is 6.92 Å². The number of rotatable bonds is 1. The van der Waals surface area contributed by atoms with Crippen molar-refractivity contribution in [3.63, 3.8) is 0 Å². The summed E-state index contributed by atoms with van der Waals surface area (Å²) in [5.41, 5.74) is 5.84. The summed E-state index contributed by atoms with van der Waals surface area (Å²) in [5, 5.41) is 9.82. The van der Waals surface area contributed by atoms with E-state index in [1.165, 1.54) is 6.33 Å². The third-order valence-electron chi connectivity index (χ3n) is 2.86. The van der Waals surface area contributed by atoms with Crippen molar-refractivity contribution >= 4 is 11.5 Å². The number of nitrogens with zero attached hydrogens (tertiary/aromatic N) is 3. The van der Waals surface area contributed by atoms with Crippen LogP contribution in [0.3, 0.4) is 0 Å². The molecule has 0 bridgehead atoms. The number of anilines is 2. The third kappa shape index (κ3) is 2.18. The van der Waals surface area contributed by atoms with Crippen LogP contribution in [-0.2, 0) is 0 Å². The molecule has 1 aliphatic heterocycles. The molecule has 15 heavy (non-hydrogen) atoms. The van der Waals surface area contributed by atoms with Crippen LogP contribution in [0.25, 0.3) is 0 Å². The molecule has 0 unspecified atom stereocenters. The van der Waals surface area contributed by atoms with Gasteiger partial charge in [0.2, 0.25) is 0 Å². The Balaban J connectivity index is 2.11. The lowest BCUT2D eigenvalue weighted by Crippen LogP contribution is -2.43. The van der Waals surface area contributed by atoms with Crippen LogP contribution in [0, 0.1) is 0 Å². The minimum absolute atomic E-state index is 0.543. The predicted octanol–water partition coefficient (Wildman–Crippen LogP) is 0.410. The minimum atomic E-state index is -0.543. The standard InChI is InChI=1S/C10H16N4O/c1-10(15)2-4-14(5-3-10)9-8(11)6-12-7-13-9/h6-7,15H,2-5,11H2,1H3. The van der Waals surface area contributed by atoms with Crippen LogP contribution in [-0.4, -0.2) is 33.8 Å². The lowest BCUT2D eigenvalue weighted by Gasteiger charge is -2.36. The topological polar surface area (TPSA) is 75.3 Å². The van der Waals surface area contributed by atoms with E-state index in [4.69, 9.17) is 5.73 Å². The largest absolute Gasteiger partial charge is 0.394 e. The van der Waals surface area contributed by atoms with Gasteiger partial charge < -0.3 is 15.7 Å². The first kappa shape index (κ1) is 10.2. The van der Waals surface area contributed by atoms with E-state index in [2.05, 4.69) is 14.9 Å². The molecular formula is C10H16N4O. The monoisotopic (exact) mass is 208 g/mol. The van der Waals surface area contributed by atoms with Crippen molar-refractivity contribution in [3.05, 3.63) is 12.5 Å². The van der Waals surface area contributed by atoms with Gasteiger partial charge in [0.05, 0.1) is 17.5 Å². The molecule has 2 heterocycles. The Labute approximate surface area is 88.9 Å². The van der Waals surface area contributed by atoms with Crippen LogP contribution >= 0.6 is 0 Å². The summed E-state index contributed by atoms with van der Waals surface area (Å²) in [5.74, 6) is 0.778. The Morgan fingerprint density at radius 1 is 1.47 bits per heavy atom. The molecule has 0 aliphatic carbocycles. The number of aliphatic hydroxyl groups is 1. The molecular weight excluding hydrogens is 192 g/mol. The van der Waals surface area contributed by atoms with Crippen LogP contribution in [0.2, 0.25) is 0 Å². The van der Waals surface area contributed by atoms with Crippen molar-refractivity contribution in [2.75, 3.05) is 23.7 Å². The van der Waals surface area contributed by atoms with Gasteiger partial charge >= 0.3 is 0 Å². The molecule has 0 aromatic carbocycles. The van der Waals surface area contributed by atoms with Gasteiger partial charge in [0, 0.05) is 13.1 Å². The Morgan fingerprint density at radius 3 is 2.73 bits per heavy atom. The molecule has 5 heteroatoms. The van der Waals surface area contributed by atoms with Crippen molar-refractivity contribution in [2.45, 2.75) is 25.4 Å². The molecule has 1 fully saturated rings. The fourth-order valence-electron chi connectivity index (χ4n) is 1.80. The first-order valence-corrected chi connectivity index (χ1v) is 5.11. The average Bonchev–Trinajstić information content (AvgIpc) is 2.19. The van der Waals surface area contributed by atoms with E-state index < -0.39 is 5.60 Å². The Hall–Kier alpha value is -1.36. The minimum Gasteiger partial charge on any atom is -0.394 e. The fraction of sp³-hybridized carbons (Fsp3) is 0.600. The highest BCUT2D eigenvalue weighted by molar-refractivity contribution is 5.61. The SMILES string of the molecule is CC1(O)CCN(c2ncncc2N)CC1. The number of hydrogen-bond acceptors (Lipinski definition) is 5. The predicted molar refractivity (Wildman–Crippen MR) is 58.5 cm³/mol. The number of aromatic nitrogens is 2. The molecule has 1 aliphatic rings. The van der Waals surface area contributed by atoms with Crippen molar-refractivity contribution in [2.24, 2.45) is 0 Å². The molecule has 3 N–H and O–H groups in total. The average molecular weight is 208 g/mol. The number of piperidine rings is 1. The van der Waals surface area contributed by atoms with E-state index >= 15 is 0 Å². The van der Waals surface area contributed by atoms with Gasteiger partial charge in [-0.1, -0.05) is 0 Å². The van der Waals surface area contributed by atoms with E-state index in [-0.39, 0.29) is 0 Å². The van der Waals surface area contributed by atoms with Crippen LogP contribution in [0.5, 0.6) is 0 Å². The van der Waals surface area contributed by atoms with Crippen LogP contribution in [0.15, 0.2) is 12.5 Å². The molecule has 1 aromatic rings. The van der Waals surface area contributed by atoms with Crippen molar-refractivity contribution < 1.29 is 5.11 Å². The number of nitrogen functional groups attached to an aromatic ring is 1. The van der Waals surface area contributed by atoms with Gasteiger partial charge in [0.1, 0.15) is 6.33 Å². The molecule has 0 radical (unpaired) electrons. The first-order chi connectivity index (χ1) is 7.08. The van der Waals surface area contributed by atoms with Crippen molar-refractivity contribution in [1.29, 1.82) is 0 Å². The van der Waals surface area contributed by atoms with Gasteiger partial charge in [0.15, 0.2) is 5.82 Å². The first-order valence-electron chi connectivity index (χ1n) is 5.11. The molecule has 82 valence electrons. The Bertz CT molecular complexity index is 343. The second kappa shape index (κ2) is 3.66. The highest BCUT2D eigenvalue weighted by Gasteiger charge is 2.28. The van der Waals surface area contributed by atoms with E-state index in [1.54, 1.807) is 6.20 Å². The summed E-state index contributed by atoms with van der Waals surface area (Å²) < 4.78 is 0. The zero-order chi connectivity index (χ0) is 10.9. The van der Waals surface area contributed by atoms with E-state index in [0.717, 1.165) is 31.7 Å². The zero-order valence-corrected chi connectivity index (χ0v) is 8.85. The van der Waals surface area contributed by atoms with E-state index in [9.17, 15) is 5.11 Å². The summed E-state index contributed by atoms with van der Waals surface area (Å²) in [7, 11) is 0. The maximum Gasteiger partial charge on any atom is 0.155 e. The number of nitrogens with two attached hydrogens (primary N) is 1. The van der Waals surface area contributed by atoms with Crippen molar-refractivity contribution in [1.82, 2.24) is 9.97 Å². The van der Waals surface area contributed by atoms with Gasteiger partial charge in [-0.25, -0.2) is 9.97 Å². The van der Waals surface area contributed by atoms with Gasteiger partial charge in [-0.15, -0.1) is 0 Å². The van der Waals surface area contributed by atoms with Gasteiger partial charge in [-0.05, 0) is 19.8 Å². The van der Waals surface area contributed by atoms with Crippen LogP contribution in [0.4, 0.5) is 11.5 Å². The van der Waals surface area contributed by atoms with Crippen LogP contribution in [0.1, 0.15) is 19.8 Å². The molecule has 1 saturated heterocycles. The molecule has 0 saturated carbocycles. The Kier molecular flexibility index (Phi) is 2.48. The molecule has 2 rings (SSSR count). The summed E-state index contributed by atoms with van der Waals surface area (Å²) >= 11 is 0. The van der Waals surface area contributed by atoms with E-state index in [0.29, 0.717) is 5.69 Å². The second-order valence-electron chi connectivity index (χ2n) is 4.29. The summed E-state index contributed by atoms with van der Waals surface area (Å²) in [4.78, 5) is 10.1. The molecule has 0 amide bonds. The van der Waals surface area contributed by atoms with Gasteiger partial charge in [-0.3, -0.25) is 0 Å². The molecule has 1 aromatic heterocycles.